The van der Waals surface area contributed by atoms with Gasteiger partial charge in [0.15, 0.2) is 0 Å². The standard InChI is InChI=1S/C11H13FN2/c1-6(2)8-5-11-9(4-10(8)12)7(3)13-14-11/h4-6H,1-3H3,(H,13,14). The Kier molecular flexibility index (Phi) is 2.02. The Balaban J connectivity index is 2.72. The highest BCUT2D eigenvalue weighted by molar-refractivity contribution is 5.82. The zero-order valence-corrected chi connectivity index (χ0v) is 8.56. The molecule has 0 saturated carbocycles. The molecular weight excluding hydrogens is 179 g/mol. The number of halogens is 1. The molecule has 0 aliphatic carbocycles. The molecule has 0 unspecified atom stereocenters. The van der Waals surface area contributed by atoms with Crippen LogP contribution in [0.15, 0.2) is 12.1 Å². The number of rotatable bonds is 1. The molecule has 0 atom stereocenters. The predicted octanol–water partition coefficient (Wildman–Crippen LogP) is 3.13. The summed E-state index contributed by atoms with van der Waals surface area (Å²) < 4.78 is 13.6. The van der Waals surface area contributed by atoms with Gasteiger partial charge in [-0.05, 0) is 30.5 Å². The van der Waals surface area contributed by atoms with Crippen molar-refractivity contribution in [2.75, 3.05) is 0 Å². The van der Waals surface area contributed by atoms with Crippen LogP contribution < -0.4 is 0 Å². The second-order valence-corrected chi connectivity index (χ2v) is 3.89. The number of benzene rings is 1. The van der Waals surface area contributed by atoms with Crippen LogP contribution in [0.5, 0.6) is 0 Å². The second-order valence-electron chi connectivity index (χ2n) is 3.89. The van der Waals surface area contributed by atoms with Gasteiger partial charge < -0.3 is 0 Å². The SMILES string of the molecule is Cc1[nH]nc2cc(C(C)C)c(F)cc12. The normalized spacial score (nSPS) is 11.5. The maximum atomic E-state index is 13.6. The fraction of sp³-hybridized carbons (Fsp3) is 0.364. The summed E-state index contributed by atoms with van der Waals surface area (Å²) >= 11 is 0. The molecule has 0 aliphatic rings. The monoisotopic (exact) mass is 192 g/mol. The van der Waals surface area contributed by atoms with E-state index in [1.807, 2.05) is 26.8 Å². The lowest BCUT2D eigenvalue weighted by molar-refractivity contribution is 0.600. The first-order valence-corrected chi connectivity index (χ1v) is 4.73. The molecule has 0 bridgehead atoms. The van der Waals surface area contributed by atoms with Crippen LogP contribution in [0.3, 0.4) is 0 Å². The zero-order valence-electron chi connectivity index (χ0n) is 8.56. The van der Waals surface area contributed by atoms with Gasteiger partial charge in [0.1, 0.15) is 5.82 Å². The fourth-order valence-electron chi connectivity index (χ4n) is 1.62. The van der Waals surface area contributed by atoms with Crippen molar-refractivity contribution in [2.24, 2.45) is 0 Å². The summed E-state index contributed by atoms with van der Waals surface area (Å²) in [5, 5.41) is 7.83. The van der Waals surface area contributed by atoms with Crippen LogP contribution in [-0.2, 0) is 0 Å². The summed E-state index contributed by atoms with van der Waals surface area (Å²) in [6, 6.07) is 3.38. The van der Waals surface area contributed by atoms with Crippen LogP contribution in [0.2, 0.25) is 0 Å². The van der Waals surface area contributed by atoms with Crippen molar-refractivity contribution in [3.05, 3.63) is 29.2 Å². The number of hydrogen-bond donors (Lipinski definition) is 1. The molecule has 0 radical (unpaired) electrons. The number of nitrogens with zero attached hydrogens (tertiary/aromatic N) is 1. The molecule has 3 heteroatoms. The molecule has 0 spiro atoms. The van der Waals surface area contributed by atoms with E-state index in [-0.39, 0.29) is 11.7 Å². The summed E-state index contributed by atoms with van der Waals surface area (Å²) in [6.07, 6.45) is 0. The van der Waals surface area contributed by atoms with E-state index in [2.05, 4.69) is 10.2 Å². The van der Waals surface area contributed by atoms with E-state index in [0.29, 0.717) is 0 Å². The summed E-state index contributed by atoms with van der Waals surface area (Å²) in [6.45, 7) is 5.84. The van der Waals surface area contributed by atoms with E-state index >= 15 is 0 Å². The Hall–Kier alpha value is -1.38. The largest absolute Gasteiger partial charge is 0.282 e. The molecule has 2 nitrogen and oxygen atoms in total. The Bertz CT molecular complexity index is 471. The summed E-state index contributed by atoms with van der Waals surface area (Å²) in [5.74, 6) is 0.0495. The quantitative estimate of drug-likeness (QED) is 0.738. The van der Waals surface area contributed by atoms with Gasteiger partial charge in [0.2, 0.25) is 0 Å². The Morgan fingerprint density at radius 1 is 1.36 bits per heavy atom. The molecule has 1 aromatic heterocycles. The topological polar surface area (TPSA) is 28.7 Å². The van der Waals surface area contributed by atoms with Gasteiger partial charge in [-0.25, -0.2) is 4.39 Å². The fourth-order valence-corrected chi connectivity index (χ4v) is 1.62. The lowest BCUT2D eigenvalue weighted by Crippen LogP contribution is -1.92. The highest BCUT2D eigenvalue weighted by Crippen LogP contribution is 2.24. The number of aromatic amines is 1. The first-order valence-electron chi connectivity index (χ1n) is 4.73. The molecule has 14 heavy (non-hydrogen) atoms. The minimum Gasteiger partial charge on any atom is -0.282 e. The second kappa shape index (κ2) is 3.08. The molecular formula is C11H13FN2. The predicted molar refractivity (Wildman–Crippen MR) is 54.9 cm³/mol. The Morgan fingerprint density at radius 2 is 2.07 bits per heavy atom. The smallest absolute Gasteiger partial charge is 0.127 e. The summed E-state index contributed by atoms with van der Waals surface area (Å²) in [5.41, 5.74) is 2.48. The summed E-state index contributed by atoms with van der Waals surface area (Å²) in [4.78, 5) is 0. The molecule has 0 aliphatic heterocycles. The molecule has 2 rings (SSSR count). The number of aromatic nitrogens is 2. The molecule has 0 fully saturated rings. The molecule has 74 valence electrons. The average molecular weight is 192 g/mol. The number of nitrogens with one attached hydrogen (secondary N) is 1. The van der Waals surface area contributed by atoms with Gasteiger partial charge in [-0.3, -0.25) is 5.10 Å². The third-order valence-electron chi connectivity index (χ3n) is 2.49. The van der Waals surface area contributed by atoms with Crippen molar-refractivity contribution in [3.63, 3.8) is 0 Å². The van der Waals surface area contributed by atoms with Crippen LogP contribution in [-0.4, -0.2) is 10.2 Å². The number of aryl methyl sites for hydroxylation is 1. The van der Waals surface area contributed by atoms with Gasteiger partial charge in [-0.2, -0.15) is 5.10 Å². The number of hydrogen-bond acceptors (Lipinski definition) is 1. The lowest BCUT2D eigenvalue weighted by atomic mass is 10.0. The van der Waals surface area contributed by atoms with Crippen LogP contribution >= 0.6 is 0 Å². The number of fused-ring (bicyclic) bond motifs is 1. The van der Waals surface area contributed by atoms with Crippen LogP contribution in [0.25, 0.3) is 10.9 Å². The van der Waals surface area contributed by atoms with E-state index in [1.165, 1.54) is 0 Å². The van der Waals surface area contributed by atoms with Gasteiger partial charge in [-0.15, -0.1) is 0 Å². The highest BCUT2D eigenvalue weighted by atomic mass is 19.1. The highest BCUT2D eigenvalue weighted by Gasteiger charge is 2.10. The van der Waals surface area contributed by atoms with Crippen LogP contribution in [0.4, 0.5) is 4.39 Å². The van der Waals surface area contributed by atoms with Crippen molar-refractivity contribution >= 4 is 10.9 Å². The molecule has 0 saturated heterocycles. The van der Waals surface area contributed by atoms with E-state index in [1.54, 1.807) is 6.07 Å². The average Bonchev–Trinajstić information content (AvgIpc) is 2.46. The lowest BCUT2D eigenvalue weighted by Gasteiger charge is -2.06. The minimum atomic E-state index is -0.142. The van der Waals surface area contributed by atoms with Crippen molar-refractivity contribution in [3.8, 4) is 0 Å². The first-order chi connectivity index (χ1) is 6.59. The Morgan fingerprint density at radius 3 is 2.71 bits per heavy atom. The molecule has 2 aromatic rings. The van der Waals surface area contributed by atoms with Gasteiger partial charge in [0.05, 0.1) is 5.52 Å². The van der Waals surface area contributed by atoms with Gasteiger partial charge in [-0.1, -0.05) is 13.8 Å². The van der Waals surface area contributed by atoms with Crippen molar-refractivity contribution in [2.45, 2.75) is 26.7 Å². The molecule has 1 heterocycles. The van der Waals surface area contributed by atoms with E-state index in [9.17, 15) is 4.39 Å². The summed E-state index contributed by atoms with van der Waals surface area (Å²) in [7, 11) is 0. The minimum absolute atomic E-state index is 0.142. The van der Waals surface area contributed by atoms with Gasteiger partial charge in [0.25, 0.3) is 0 Å². The van der Waals surface area contributed by atoms with E-state index in [0.717, 1.165) is 22.2 Å². The first kappa shape index (κ1) is 9.19. The van der Waals surface area contributed by atoms with Crippen LogP contribution in [0.1, 0.15) is 31.0 Å². The molecule has 1 aromatic carbocycles. The van der Waals surface area contributed by atoms with Crippen molar-refractivity contribution in [1.82, 2.24) is 10.2 Å². The maximum Gasteiger partial charge on any atom is 0.127 e. The van der Waals surface area contributed by atoms with Gasteiger partial charge >= 0.3 is 0 Å². The zero-order chi connectivity index (χ0) is 10.3. The van der Waals surface area contributed by atoms with E-state index < -0.39 is 0 Å². The number of H-pyrrole nitrogens is 1. The maximum absolute atomic E-state index is 13.6. The molecule has 1 N–H and O–H groups in total. The van der Waals surface area contributed by atoms with E-state index in [4.69, 9.17) is 0 Å². The van der Waals surface area contributed by atoms with Crippen molar-refractivity contribution < 1.29 is 4.39 Å². The van der Waals surface area contributed by atoms with Crippen molar-refractivity contribution in [1.29, 1.82) is 0 Å². The Labute approximate surface area is 82.1 Å². The molecule has 0 amide bonds. The third kappa shape index (κ3) is 1.29. The van der Waals surface area contributed by atoms with Crippen LogP contribution in [0, 0.1) is 12.7 Å². The third-order valence-corrected chi connectivity index (χ3v) is 2.49. The van der Waals surface area contributed by atoms with Gasteiger partial charge in [0, 0.05) is 11.1 Å².